The molecule has 1 saturated heterocycles. The second kappa shape index (κ2) is 8.28. The largest absolute Gasteiger partial charge is 0.352 e. The summed E-state index contributed by atoms with van der Waals surface area (Å²) in [7, 11) is 1.79. The molecule has 2 rings (SSSR count). The maximum atomic E-state index is 12.4. The van der Waals surface area contributed by atoms with Crippen molar-refractivity contribution in [2.24, 2.45) is 24.6 Å². The number of likely N-dealkylation sites (tertiary alicyclic amines) is 1. The Bertz CT molecular complexity index is 563. The van der Waals surface area contributed by atoms with E-state index in [1.54, 1.807) is 24.1 Å². The molecule has 134 valence electrons. The minimum absolute atomic E-state index is 0.0576. The normalized spacial score (nSPS) is 18.2. The van der Waals surface area contributed by atoms with Crippen molar-refractivity contribution in [3.05, 3.63) is 18.0 Å². The van der Waals surface area contributed by atoms with E-state index in [1.165, 1.54) is 0 Å². The smallest absolute Gasteiger partial charge is 0.254 e. The van der Waals surface area contributed by atoms with Crippen molar-refractivity contribution >= 4 is 11.8 Å². The van der Waals surface area contributed by atoms with E-state index in [1.807, 2.05) is 11.8 Å². The van der Waals surface area contributed by atoms with Gasteiger partial charge in [-0.2, -0.15) is 5.10 Å². The first-order valence-corrected chi connectivity index (χ1v) is 8.73. The quantitative estimate of drug-likeness (QED) is 0.803. The Hall–Kier alpha value is -1.89. The third-order valence-electron chi connectivity index (χ3n) is 4.99. The van der Waals surface area contributed by atoms with Crippen molar-refractivity contribution in [3.63, 3.8) is 0 Å². The van der Waals surface area contributed by atoms with Crippen LogP contribution in [0.3, 0.4) is 0 Å². The van der Waals surface area contributed by atoms with E-state index in [0.29, 0.717) is 18.0 Å². The van der Waals surface area contributed by atoms with Crippen molar-refractivity contribution in [2.75, 3.05) is 19.6 Å². The molecule has 0 spiro atoms. The maximum absolute atomic E-state index is 12.4. The number of aryl methyl sites for hydroxylation is 1. The zero-order valence-corrected chi connectivity index (χ0v) is 14.9. The molecule has 2 unspecified atom stereocenters. The standard InChI is InChI=1S/C17H29N5O2/c1-4-12(2)15(18)17(24)22-7-5-13(6-8-22)9-19-16(23)14-10-20-21(3)11-14/h10-13,15H,4-9,18H2,1-3H3,(H,19,23). The Balaban J connectivity index is 1.74. The number of hydrogen-bond acceptors (Lipinski definition) is 4. The number of nitrogens with zero attached hydrogens (tertiary/aromatic N) is 3. The summed E-state index contributed by atoms with van der Waals surface area (Å²) in [6.07, 6.45) is 5.96. The fourth-order valence-corrected chi connectivity index (χ4v) is 2.94. The summed E-state index contributed by atoms with van der Waals surface area (Å²) in [5.74, 6) is 0.561. The van der Waals surface area contributed by atoms with Crippen LogP contribution >= 0.6 is 0 Å². The first kappa shape index (κ1) is 18.4. The summed E-state index contributed by atoms with van der Waals surface area (Å²) in [5.41, 5.74) is 6.62. The minimum atomic E-state index is -0.406. The van der Waals surface area contributed by atoms with Gasteiger partial charge < -0.3 is 16.0 Å². The third-order valence-corrected chi connectivity index (χ3v) is 4.99. The monoisotopic (exact) mass is 335 g/mol. The van der Waals surface area contributed by atoms with Crippen LogP contribution < -0.4 is 11.1 Å². The number of nitrogens with one attached hydrogen (secondary N) is 1. The first-order chi connectivity index (χ1) is 11.4. The number of aromatic nitrogens is 2. The summed E-state index contributed by atoms with van der Waals surface area (Å²) in [4.78, 5) is 26.3. The minimum Gasteiger partial charge on any atom is -0.352 e. The van der Waals surface area contributed by atoms with Crippen molar-refractivity contribution in [3.8, 4) is 0 Å². The van der Waals surface area contributed by atoms with Gasteiger partial charge in [-0.15, -0.1) is 0 Å². The number of rotatable bonds is 6. The SMILES string of the molecule is CCC(C)C(N)C(=O)N1CCC(CNC(=O)c2cnn(C)c2)CC1. The highest BCUT2D eigenvalue weighted by Crippen LogP contribution is 2.18. The van der Waals surface area contributed by atoms with Gasteiger partial charge in [-0.05, 0) is 24.7 Å². The van der Waals surface area contributed by atoms with Crippen LogP contribution in [0.25, 0.3) is 0 Å². The number of piperidine rings is 1. The number of carbonyl (C=O) groups excluding carboxylic acids is 2. The Labute approximate surface area is 143 Å². The zero-order chi connectivity index (χ0) is 17.7. The molecule has 3 N–H and O–H groups in total. The van der Waals surface area contributed by atoms with E-state index in [9.17, 15) is 9.59 Å². The third kappa shape index (κ3) is 4.56. The number of amides is 2. The van der Waals surface area contributed by atoms with E-state index in [2.05, 4.69) is 17.3 Å². The lowest BCUT2D eigenvalue weighted by Crippen LogP contribution is -2.50. The molecule has 0 aliphatic carbocycles. The van der Waals surface area contributed by atoms with E-state index in [4.69, 9.17) is 5.73 Å². The number of hydrogen-bond donors (Lipinski definition) is 2. The molecule has 24 heavy (non-hydrogen) atoms. The summed E-state index contributed by atoms with van der Waals surface area (Å²) in [5, 5.41) is 6.96. The van der Waals surface area contributed by atoms with E-state index in [0.717, 1.165) is 32.4 Å². The van der Waals surface area contributed by atoms with Crippen LogP contribution in [0.4, 0.5) is 0 Å². The Morgan fingerprint density at radius 3 is 2.62 bits per heavy atom. The Kier molecular flexibility index (Phi) is 6.36. The van der Waals surface area contributed by atoms with Gasteiger partial charge in [0.2, 0.25) is 5.91 Å². The molecular weight excluding hydrogens is 306 g/mol. The molecule has 7 nitrogen and oxygen atoms in total. The molecule has 1 aliphatic heterocycles. The zero-order valence-electron chi connectivity index (χ0n) is 14.9. The Morgan fingerprint density at radius 2 is 2.08 bits per heavy atom. The second-order valence-corrected chi connectivity index (χ2v) is 6.79. The summed E-state index contributed by atoms with van der Waals surface area (Å²) in [6.45, 7) is 6.14. The van der Waals surface area contributed by atoms with Crippen LogP contribution in [0.2, 0.25) is 0 Å². The highest BCUT2D eigenvalue weighted by molar-refractivity contribution is 5.93. The lowest BCUT2D eigenvalue weighted by molar-refractivity contribution is -0.135. The van der Waals surface area contributed by atoms with Gasteiger partial charge in [-0.25, -0.2) is 0 Å². The predicted molar refractivity (Wildman–Crippen MR) is 92.3 cm³/mol. The molecule has 2 amide bonds. The van der Waals surface area contributed by atoms with Crippen LogP contribution in [-0.2, 0) is 11.8 Å². The highest BCUT2D eigenvalue weighted by Gasteiger charge is 2.28. The van der Waals surface area contributed by atoms with Crippen LogP contribution in [0.5, 0.6) is 0 Å². The van der Waals surface area contributed by atoms with Crippen molar-refractivity contribution in [1.82, 2.24) is 20.0 Å². The van der Waals surface area contributed by atoms with Crippen molar-refractivity contribution in [1.29, 1.82) is 0 Å². The second-order valence-electron chi connectivity index (χ2n) is 6.79. The van der Waals surface area contributed by atoms with Gasteiger partial charge in [0, 0.05) is 32.9 Å². The molecule has 1 aromatic rings. The molecule has 0 bridgehead atoms. The van der Waals surface area contributed by atoms with Gasteiger partial charge in [0.1, 0.15) is 0 Å². The molecule has 2 heterocycles. The number of carbonyl (C=O) groups is 2. The molecule has 0 aromatic carbocycles. The fraction of sp³-hybridized carbons (Fsp3) is 0.706. The van der Waals surface area contributed by atoms with Crippen LogP contribution in [0, 0.1) is 11.8 Å². The highest BCUT2D eigenvalue weighted by atomic mass is 16.2. The molecule has 1 aliphatic rings. The van der Waals surface area contributed by atoms with Gasteiger partial charge in [0.15, 0.2) is 0 Å². The summed E-state index contributed by atoms with van der Waals surface area (Å²) >= 11 is 0. The van der Waals surface area contributed by atoms with Crippen LogP contribution in [0.15, 0.2) is 12.4 Å². The lowest BCUT2D eigenvalue weighted by Gasteiger charge is -2.34. The fourth-order valence-electron chi connectivity index (χ4n) is 2.94. The van der Waals surface area contributed by atoms with Gasteiger partial charge in [-0.3, -0.25) is 14.3 Å². The van der Waals surface area contributed by atoms with Gasteiger partial charge in [-0.1, -0.05) is 20.3 Å². The average Bonchev–Trinajstić information content (AvgIpc) is 3.04. The summed E-state index contributed by atoms with van der Waals surface area (Å²) < 4.78 is 1.61. The molecule has 0 radical (unpaired) electrons. The molecule has 2 atom stereocenters. The van der Waals surface area contributed by atoms with E-state index in [-0.39, 0.29) is 17.7 Å². The lowest BCUT2D eigenvalue weighted by atomic mass is 9.94. The average molecular weight is 335 g/mol. The molecule has 0 saturated carbocycles. The predicted octanol–water partition coefficient (Wildman–Crippen LogP) is 0.762. The van der Waals surface area contributed by atoms with Crippen molar-refractivity contribution < 1.29 is 9.59 Å². The van der Waals surface area contributed by atoms with Gasteiger partial charge >= 0.3 is 0 Å². The molecule has 1 aromatic heterocycles. The number of nitrogens with two attached hydrogens (primary N) is 1. The molecule has 1 fully saturated rings. The molecular formula is C17H29N5O2. The Morgan fingerprint density at radius 1 is 1.42 bits per heavy atom. The molecule has 7 heteroatoms. The first-order valence-electron chi connectivity index (χ1n) is 8.73. The van der Waals surface area contributed by atoms with Gasteiger partial charge in [0.05, 0.1) is 17.8 Å². The van der Waals surface area contributed by atoms with Gasteiger partial charge in [0.25, 0.3) is 5.91 Å². The van der Waals surface area contributed by atoms with Crippen molar-refractivity contribution in [2.45, 2.75) is 39.2 Å². The van der Waals surface area contributed by atoms with Crippen LogP contribution in [0.1, 0.15) is 43.5 Å². The van der Waals surface area contributed by atoms with E-state index >= 15 is 0 Å². The maximum Gasteiger partial charge on any atom is 0.254 e. The van der Waals surface area contributed by atoms with E-state index < -0.39 is 6.04 Å². The summed E-state index contributed by atoms with van der Waals surface area (Å²) in [6, 6.07) is -0.406. The van der Waals surface area contributed by atoms with Crippen LogP contribution in [-0.4, -0.2) is 52.2 Å². The topological polar surface area (TPSA) is 93.2 Å².